The third-order valence-corrected chi connectivity index (χ3v) is 3.54. The van der Waals surface area contributed by atoms with E-state index >= 15 is 0 Å². The first kappa shape index (κ1) is 13.4. The number of aryl methyl sites for hydroxylation is 2. The van der Waals surface area contributed by atoms with Gasteiger partial charge in [-0.05, 0) is 49.2 Å². The molecule has 0 N–H and O–H groups in total. The fourth-order valence-corrected chi connectivity index (χ4v) is 2.19. The van der Waals surface area contributed by atoms with Crippen LogP contribution in [0.25, 0.3) is 11.0 Å². The van der Waals surface area contributed by atoms with Crippen LogP contribution in [-0.2, 0) is 0 Å². The van der Waals surface area contributed by atoms with Crippen LogP contribution >= 0.6 is 0 Å². The van der Waals surface area contributed by atoms with E-state index in [2.05, 4.69) is 4.98 Å². The molecule has 3 aromatic rings. The second-order valence-corrected chi connectivity index (χ2v) is 5.04. The average molecular weight is 280 g/mol. The minimum Gasteiger partial charge on any atom is -0.484 e. The second kappa shape index (κ2) is 5.40. The molecular formula is C17H16N2O2. The summed E-state index contributed by atoms with van der Waals surface area (Å²) in [5, 5.41) is 0. The predicted octanol–water partition coefficient (Wildman–Crippen LogP) is 3.37. The van der Waals surface area contributed by atoms with E-state index < -0.39 is 0 Å². The Hall–Kier alpha value is -2.62. The summed E-state index contributed by atoms with van der Waals surface area (Å²) < 4.78 is 7.04. The van der Waals surface area contributed by atoms with Gasteiger partial charge in [-0.15, -0.1) is 0 Å². The zero-order chi connectivity index (χ0) is 14.8. The van der Waals surface area contributed by atoms with E-state index in [1.807, 2.05) is 56.3 Å². The summed E-state index contributed by atoms with van der Waals surface area (Å²) in [4.78, 5) is 16.6. The number of para-hydroxylation sites is 1. The van der Waals surface area contributed by atoms with Gasteiger partial charge in [0.2, 0.25) is 0 Å². The molecular weight excluding hydrogens is 264 g/mol. The van der Waals surface area contributed by atoms with Crippen LogP contribution in [-0.4, -0.2) is 22.1 Å². The number of hydrogen-bond donors (Lipinski definition) is 0. The van der Waals surface area contributed by atoms with E-state index in [1.165, 1.54) is 5.56 Å². The number of carbonyl (C=O) groups is 1. The van der Waals surface area contributed by atoms with Crippen LogP contribution < -0.4 is 4.74 Å². The number of imidazole rings is 1. The predicted molar refractivity (Wildman–Crippen MR) is 81.8 cm³/mol. The lowest BCUT2D eigenvalue weighted by molar-refractivity contribution is 0.0842. The molecule has 1 aromatic heterocycles. The number of ether oxygens (including phenoxy) is 1. The molecule has 0 aliphatic rings. The molecule has 2 aromatic carbocycles. The number of aromatic nitrogens is 2. The normalized spacial score (nSPS) is 10.8. The Morgan fingerprint density at radius 2 is 1.86 bits per heavy atom. The van der Waals surface area contributed by atoms with Crippen molar-refractivity contribution in [1.29, 1.82) is 0 Å². The fourth-order valence-electron chi connectivity index (χ4n) is 2.19. The lowest BCUT2D eigenvalue weighted by Crippen LogP contribution is -2.18. The summed E-state index contributed by atoms with van der Waals surface area (Å²) in [7, 11) is 0. The van der Waals surface area contributed by atoms with Crippen molar-refractivity contribution in [2.45, 2.75) is 13.8 Å². The van der Waals surface area contributed by atoms with Crippen molar-refractivity contribution in [2.24, 2.45) is 0 Å². The lowest BCUT2D eigenvalue weighted by Gasteiger charge is -2.07. The van der Waals surface area contributed by atoms with Crippen molar-refractivity contribution < 1.29 is 9.53 Å². The molecule has 1 heterocycles. The van der Waals surface area contributed by atoms with Gasteiger partial charge in [0.25, 0.3) is 5.91 Å². The van der Waals surface area contributed by atoms with Gasteiger partial charge in [-0.2, -0.15) is 0 Å². The number of hydrogen-bond acceptors (Lipinski definition) is 3. The minimum absolute atomic E-state index is 0.0115. The molecule has 0 aliphatic heterocycles. The molecule has 0 radical (unpaired) electrons. The summed E-state index contributed by atoms with van der Waals surface area (Å²) >= 11 is 0. The molecule has 0 unspecified atom stereocenters. The first-order valence-corrected chi connectivity index (χ1v) is 6.80. The maximum Gasteiger partial charge on any atom is 0.270 e. The molecule has 0 atom stereocenters. The molecule has 0 bridgehead atoms. The number of nitrogens with zero attached hydrogens (tertiary/aromatic N) is 2. The van der Waals surface area contributed by atoms with Crippen molar-refractivity contribution in [3.8, 4) is 5.75 Å². The van der Waals surface area contributed by atoms with Crippen molar-refractivity contribution in [2.75, 3.05) is 6.61 Å². The van der Waals surface area contributed by atoms with E-state index in [4.69, 9.17) is 4.74 Å². The highest BCUT2D eigenvalue weighted by atomic mass is 16.5. The Balaban J connectivity index is 1.83. The quantitative estimate of drug-likeness (QED) is 0.738. The van der Waals surface area contributed by atoms with Gasteiger partial charge in [-0.1, -0.05) is 18.2 Å². The van der Waals surface area contributed by atoms with Crippen molar-refractivity contribution in [1.82, 2.24) is 9.55 Å². The fraction of sp³-hybridized carbons (Fsp3) is 0.176. The van der Waals surface area contributed by atoms with E-state index in [0.717, 1.165) is 16.6 Å². The number of carbonyl (C=O) groups excluding carboxylic acids is 1. The van der Waals surface area contributed by atoms with E-state index in [9.17, 15) is 4.79 Å². The Kier molecular flexibility index (Phi) is 3.44. The summed E-state index contributed by atoms with van der Waals surface area (Å²) in [5.74, 6) is 0.548. The second-order valence-electron chi connectivity index (χ2n) is 5.04. The monoisotopic (exact) mass is 280 g/mol. The molecule has 0 fully saturated rings. The molecule has 106 valence electrons. The van der Waals surface area contributed by atoms with Crippen LogP contribution in [0.4, 0.5) is 0 Å². The van der Waals surface area contributed by atoms with Crippen LogP contribution in [0.5, 0.6) is 5.75 Å². The zero-order valence-electron chi connectivity index (χ0n) is 12.0. The van der Waals surface area contributed by atoms with E-state index in [0.29, 0.717) is 5.75 Å². The molecule has 21 heavy (non-hydrogen) atoms. The summed E-state index contributed by atoms with van der Waals surface area (Å²) in [5.41, 5.74) is 3.95. The van der Waals surface area contributed by atoms with Gasteiger partial charge in [-0.3, -0.25) is 9.36 Å². The van der Waals surface area contributed by atoms with Crippen LogP contribution in [0.15, 0.2) is 48.8 Å². The van der Waals surface area contributed by atoms with Crippen LogP contribution in [0.1, 0.15) is 15.9 Å². The standard InChI is InChI=1S/C17H16N2O2/c1-12-8-15-16(9-13(12)2)19(11-18-15)17(20)10-21-14-6-4-3-5-7-14/h3-9,11H,10H2,1-2H3. The summed E-state index contributed by atoms with van der Waals surface area (Å²) in [6.07, 6.45) is 1.56. The Morgan fingerprint density at radius 3 is 2.62 bits per heavy atom. The molecule has 0 amide bonds. The molecule has 3 rings (SSSR count). The summed E-state index contributed by atoms with van der Waals surface area (Å²) in [6.45, 7) is 4.05. The third-order valence-electron chi connectivity index (χ3n) is 3.54. The van der Waals surface area contributed by atoms with Gasteiger partial charge in [0, 0.05) is 0 Å². The third kappa shape index (κ3) is 2.65. The topological polar surface area (TPSA) is 44.1 Å². The average Bonchev–Trinajstić information content (AvgIpc) is 2.89. The van der Waals surface area contributed by atoms with Crippen LogP contribution in [0.3, 0.4) is 0 Å². The van der Waals surface area contributed by atoms with Crippen molar-refractivity contribution >= 4 is 16.9 Å². The minimum atomic E-state index is -0.135. The Labute approximate surface area is 123 Å². The van der Waals surface area contributed by atoms with Gasteiger partial charge >= 0.3 is 0 Å². The van der Waals surface area contributed by atoms with Crippen molar-refractivity contribution in [3.05, 3.63) is 59.9 Å². The largest absolute Gasteiger partial charge is 0.484 e. The SMILES string of the molecule is Cc1cc2ncn(C(=O)COc3ccccc3)c2cc1C. The van der Waals surface area contributed by atoms with E-state index in [-0.39, 0.29) is 12.5 Å². The molecule has 4 heteroatoms. The van der Waals surface area contributed by atoms with Gasteiger partial charge in [0.05, 0.1) is 11.0 Å². The molecule has 0 saturated heterocycles. The first-order chi connectivity index (χ1) is 10.1. The molecule has 0 spiro atoms. The zero-order valence-corrected chi connectivity index (χ0v) is 12.0. The highest BCUT2D eigenvalue weighted by molar-refractivity contribution is 5.91. The van der Waals surface area contributed by atoms with Gasteiger partial charge < -0.3 is 4.74 Å². The van der Waals surface area contributed by atoms with Crippen LogP contribution in [0, 0.1) is 13.8 Å². The Morgan fingerprint density at radius 1 is 1.14 bits per heavy atom. The smallest absolute Gasteiger partial charge is 0.270 e. The lowest BCUT2D eigenvalue weighted by atomic mass is 10.1. The highest BCUT2D eigenvalue weighted by Gasteiger charge is 2.12. The van der Waals surface area contributed by atoms with Crippen LogP contribution in [0.2, 0.25) is 0 Å². The molecule has 0 aliphatic carbocycles. The van der Waals surface area contributed by atoms with Gasteiger partial charge in [0.15, 0.2) is 6.61 Å². The highest BCUT2D eigenvalue weighted by Crippen LogP contribution is 2.18. The number of benzene rings is 2. The maximum atomic E-state index is 12.3. The molecule has 4 nitrogen and oxygen atoms in total. The first-order valence-electron chi connectivity index (χ1n) is 6.80. The maximum absolute atomic E-state index is 12.3. The van der Waals surface area contributed by atoms with Crippen molar-refractivity contribution in [3.63, 3.8) is 0 Å². The van der Waals surface area contributed by atoms with Gasteiger partial charge in [-0.25, -0.2) is 4.98 Å². The number of rotatable bonds is 3. The van der Waals surface area contributed by atoms with Gasteiger partial charge in [0.1, 0.15) is 12.1 Å². The number of fused-ring (bicyclic) bond motifs is 1. The molecule has 0 saturated carbocycles. The van der Waals surface area contributed by atoms with E-state index in [1.54, 1.807) is 10.9 Å². The Bertz CT molecular complexity index is 791. The summed E-state index contributed by atoms with van der Waals surface area (Å²) in [6, 6.07) is 13.3.